The highest BCUT2D eigenvalue weighted by Crippen LogP contribution is 2.24. The maximum atomic E-state index is 12.5. The van der Waals surface area contributed by atoms with E-state index in [-0.39, 0.29) is 26.0 Å². The second-order valence-corrected chi connectivity index (χ2v) is 8.31. The Morgan fingerprint density at radius 1 is 1.09 bits per heavy atom. The molecule has 0 rings (SSSR count). The topological polar surface area (TPSA) is 52.6 Å². The SMILES string of the molecule is CPC(=O)OC(C)(C)CCOC(C)(C)C(=O)C(C)CC(C)C. The van der Waals surface area contributed by atoms with Crippen LogP contribution in [-0.2, 0) is 14.3 Å². The van der Waals surface area contributed by atoms with Crippen LogP contribution in [0.25, 0.3) is 0 Å². The molecule has 0 saturated carbocycles. The van der Waals surface area contributed by atoms with Gasteiger partial charge in [0.15, 0.2) is 5.78 Å². The van der Waals surface area contributed by atoms with Crippen LogP contribution in [0.4, 0.5) is 4.79 Å². The van der Waals surface area contributed by atoms with Crippen molar-refractivity contribution in [2.45, 2.75) is 72.5 Å². The van der Waals surface area contributed by atoms with Crippen molar-refractivity contribution in [2.75, 3.05) is 13.3 Å². The van der Waals surface area contributed by atoms with Crippen molar-refractivity contribution in [2.24, 2.45) is 11.8 Å². The van der Waals surface area contributed by atoms with Crippen LogP contribution in [0.5, 0.6) is 0 Å². The molecular formula is C17H33O4P. The lowest BCUT2D eigenvalue weighted by Gasteiger charge is -2.30. The summed E-state index contributed by atoms with van der Waals surface area (Å²) in [5, 5.41) is 0. The molecular weight excluding hydrogens is 299 g/mol. The fraction of sp³-hybridized carbons (Fsp3) is 0.882. The zero-order valence-electron chi connectivity index (χ0n) is 15.4. The van der Waals surface area contributed by atoms with Crippen molar-refractivity contribution < 1.29 is 19.1 Å². The highest BCUT2D eigenvalue weighted by atomic mass is 31.1. The molecule has 0 bridgehead atoms. The van der Waals surface area contributed by atoms with Gasteiger partial charge in [0.05, 0.1) is 6.61 Å². The molecule has 0 N–H and O–H groups in total. The molecule has 4 nitrogen and oxygen atoms in total. The molecule has 0 heterocycles. The van der Waals surface area contributed by atoms with Gasteiger partial charge in [0, 0.05) is 12.3 Å². The summed E-state index contributed by atoms with van der Waals surface area (Å²) in [6.07, 6.45) is 1.44. The summed E-state index contributed by atoms with van der Waals surface area (Å²) in [6.45, 7) is 15.7. The normalized spacial score (nSPS) is 14.6. The fourth-order valence-corrected chi connectivity index (χ4v) is 2.76. The van der Waals surface area contributed by atoms with E-state index in [1.807, 2.05) is 34.6 Å². The molecule has 0 spiro atoms. The highest BCUT2D eigenvalue weighted by molar-refractivity contribution is 7.56. The number of hydrogen-bond donors (Lipinski definition) is 0. The zero-order chi connectivity index (χ0) is 17.6. The highest BCUT2D eigenvalue weighted by Gasteiger charge is 2.33. The summed E-state index contributed by atoms with van der Waals surface area (Å²) in [5.41, 5.74) is -1.56. The lowest BCUT2D eigenvalue weighted by Crippen LogP contribution is -2.40. The first-order chi connectivity index (χ1) is 9.91. The van der Waals surface area contributed by atoms with E-state index in [9.17, 15) is 9.59 Å². The Morgan fingerprint density at radius 3 is 2.09 bits per heavy atom. The van der Waals surface area contributed by atoms with Crippen molar-refractivity contribution >= 4 is 20.1 Å². The molecule has 22 heavy (non-hydrogen) atoms. The van der Waals surface area contributed by atoms with E-state index in [4.69, 9.17) is 9.47 Å². The molecule has 0 aliphatic rings. The van der Waals surface area contributed by atoms with Gasteiger partial charge >= 0.3 is 5.71 Å². The largest absolute Gasteiger partial charge is 0.457 e. The van der Waals surface area contributed by atoms with Gasteiger partial charge in [-0.1, -0.05) is 20.8 Å². The summed E-state index contributed by atoms with van der Waals surface area (Å²) in [7, 11) is 0.133. The van der Waals surface area contributed by atoms with Crippen LogP contribution in [0.3, 0.4) is 0 Å². The number of carbonyl (C=O) groups excluding carboxylic acids is 2. The van der Waals surface area contributed by atoms with E-state index in [0.29, 0.717) is 18.9 Å². The first-order valence-corrected chi connectivity index (χ1v) is 9.50. The first-order valence-electron chi connectivity index (χ1n) is 8.00. The van der Waals surface area contributed by atoms with Crippen molar-refractivity contribution in [3.8, 4) is 0 Å². The molecule has 5 heteroatoms. The molecule has 130 valence electrons. The summed E-state index contributed by atoms with van der Waals surface area (Å²) < 4.78 is 11.2. The van der Waals surface area contributed by atoms with Gasteiger partial charge in [0.2, 0.25) is 0 Å². The molecule has 0 saturated heterocycles. The molecule has 0 aliphatic heterocycles. The van der Waals surface area contributed by atoms with E-state index in [1.165, 1.54) is 0 Å². The number of carbonyl (C=O) groups is 2. The standard InChI is InChI=1S/C17H33O4P/c1-12(2)11-13(3)14(18)17(6,7)20-10-9-16(4,5)21-15(19)22-8/h12-13,22H,9-11H2,1-8H3. The van der Waals surface area contributed by atoms with Crippen LogP contribution in [0.15, 0.2) is 0 Å². The smallest absolute Gasteiger partial charge is 0.323 e. The van der Waals surface area contributed by atoms with E-state index >= 15 is 0 Å². The predicted molar refractivity (Wildman–Crippen MR) is 93.1 cm³/mol. The minimum atomic E-state index is -0.805. The van der Waals surface area contributed by atoms with Crippen LogP contribution >= 0.6 is 8.58 Å². The van der Waals surface area contributed by atoms with Crippen molar-refractivity contribution in [3.05, 3.63) is 0 Å². The number of ether oxygens (including phenoxy) is 2. The Bertz CT molecular complexity index is 375. The average Bonchev–Trinajstić information content (AvgIpc) is 2.35. The van der Waals surface area contributed by atoms with E-state index in [2.05, 4.69) is 13.8 Å². The lowest BCUT2D eigenvalue weighted by molar-refractivity contribution is -0.146. The van der Waals surface area contributed by atoms with Crippen LogP contribution < -0.4 is 0 Å². The molecule has 2 unspecified atom stereocenters. The van der Waals surface area contributed by atoms with E-state index in [0.717, 1.165) is 6.42 Å². The summed E-state index contributed by atoms with van der Waals surface area (Å²) in [5.74, 6) is 0.608. The zero-order valence-corrected chi connectivity index (χ0v) is 16.4. The van der Waals surface area contributed by atoms with Gasteiger partial charge in [-0.25, -0.2) is 4.79 Å². The number of Topliss-reactive ketones (excluding diaryl/α,β-unsaturated/α-hetero) is 1. The average molecular weight is 332 g/mol. The molecule has 0 aliphatic carbocycles. The Hall–Kier alpha value is -0.470. The maximum Gasteiger partial charge on any atom is 0.323 e. The minimum absolute atomic E-state index is 0.0119. The number of ketones is 1. The molecule has 0 radical (unpaired) electrons. The third-order valence-electron chi connectivity index (χ3n) is 3.61. The second kappa shape index (κ2) is 8.98. The second-order valence-electron chi connectivity index (χ2n) is 7.40. The molecule has 0 aromatic carbocycles. The van der Waals surface area contributed by atoms with E-state index < -0.39 is 11.2 Å². The monoisotopic (exact) mass is 332 g/mol. The van der Waals surface area contributed by atoms with Gasteiger partial charge < -0.3 is 9.47 Å². The van der Waals surface area contributed by atoms with Crippen molar-refractivity contribution in [3.63, 3.8) is 0 Å². The molecule has 0 aromatic heterocycles. The Kier molecular flexibility index (Phi) is 8.79. The van der Waals surface area contributed by atoms with Gasteiger partial charge in [-0.2, -0.15) is 0 Å². The quantitative estimate of drug-likeness (QED) is 0.547. The van der Waals surface area contributed by atoms with E-state index in [1.54, 1.807) is 6.66 Å². The van der Waals surface area contributed by atoms with Crippen LogP contribution in [0.1, 0.15) is 61.3 Å². The predicted octanol–water partition coefficient (Wildman–Crippen LogP) is 4.65. The molecule has 0 fully saturated rings. The lowest BCUT2D eigenvalue weighted by atomic mass is 9.87. The van der Waals surface area contributed by atoms with Gasteiger partial charge in [-0.15, -0.1) is 0 Å². The summed E-state index contributed by atoms with van der Waals surface area (Å²) >= 11 is 0. The number of hydrogen-bond acceptors (Lipinski definition) is 4. The van der Waals surface area contributed by atoms with Crippen LogP contribution in [0, 0.1) is 11.8 Å². The van der Waals surface area contributed by atoms with Gasteiger partial charge in [-0.3, -0.25) is 4.79 Å². The maximum absolute atomic E-state index is 12.5. The minimum Gasteiger partial charge on any atom is -0.457 e. The summed E-state index contributed by atoms with van der Waals surface area (Å²) in [6, 6.07) is 0. The van der Waals surface area contributed by atoms with Gasteiger partial charge in [-0.05, 0) is 55.3 Å². The molecule has 0 amide bonds. The molecule has 0 aromatic rings. The molecule has 2 atom stereocenters. The van der Waals surface area contributed by atoms with Crippen LogP contribution in [-0.4, -0.2) is 36.0 Å². The third-order valence-corrected chi connectivity index (χ3v) is 4.12. The summed E-state index contributed by atoms with van der Waals surface area (Å²) in [4.78, 5) is 23.9. The third kappa shape index (κ3) is 8.24. The number of rotatable bonds is 10. The van der Waals surface area contributed by atoms with Gasteiger partial charge in [0.1, 0.15) is 11.2 Å². The van der Waals surface area contributed by atoms with Gasteiger partial charge in [0.25, 0.3) is 0 Å². The van der Waals surface area contributed by atoms with Crippen LogP contribution in [0.2, 0.25) is 0 Å². The van der Waals surface area contributed by atoms with Crippen molar-refractivity contribution in [1.82, 2.24) is 0 Å². The fourth-order valence-electron chi connectivity index (χ4n) is 2.38. The Morgan fingerprint density at radius 2 is 1.64 bits per heavy atom. The van der Waals surface area contributed by atoms with Crippen molar-refractivity contribution in [1.29, 1.82) is 0 Å². The first kappa shape index (κ1) is 21.5. The Labute approximate surface area is 137 Å². The Balaban J connectivity index is 4.43.